The summed E-state index contributed by atoms with van der Waals surface area (Å²) >= 11 is 0. The quantitative estimate of drug-likeness (QED) is 0.840. The lowest BCUT2D eigenvalue weighted by molar-refractivity contribution is -0.128. The lowest BCUT2D eigenvalue weighted by Gasteiger charge is -2.16. The normalized spacial score (nSPS) is 18.1. The number of methoxy groups -OCH3 is 2. The Morgan fingerprint density at radius 3 is 2.48 bits per heavy atom. The number of rotatable bonds is 5. The Kier molecular flexibility index (Phi) is 4.35. The van der Waals surface area contributed by atoms with Crippen molar-refractivity contribution in [3.8, 4) is 11.5 Å². The summed E-state index contributed by atoms with van der Waals surface area (Å²) < 4.78 is 10.4. The zero-order chi connectivity index (χ0) is 15.6. The lowest BCUT2D eigenvalue weighted by Crippen LogP contribution is -2.34. The summed E-state index contributed by atoms with van der Waals surface area (Å²) in [5, 5.41) is 2.71. The molecule has 0 spiro atoms. The minimum absolute atomic E-state index is 0.0595. The van der Waals surface area contributed by atoms with E-state index in [9.17, 15) is 9.59 Å². The van der Waals surface area contributed by atoms with Crippen LogP contribution in [0.1, 0.15) is 19.4 Å². The van der Waals surface area contributed by atoms with E-state index in [0.717, 1.165) is 5.56 Å². The standard InChI is InChI=1S/C15H20N2O4/c1-9(2)13-14(18)17(15(19)16-13)8-10-5-6-11(20-3)7-12(10)21-4/h5-7,9,13H,8H2,1-4H3,(H,16,19). The second kappa shape index (κ2) is 6.03. The first kappa shape index (κ1) is 15.2. The molecule has 0 saturated carbocycles. The fraction of sp³-hybridized carbons (Fsp3) is 0.467. The molecule has 1 atom stereocenters. The maximum absolute atomic E-state index is 12.3. The van der Waals surface area contributed by atoms with Crippen LogP contribution in [0, 0.1) is 5.92 Å². The highest BCUT2D eigenvalue weighted by Crippen LogP contribution is 2.27. The molecule has 0 bridgehead atoms. The van der Waals surface area contributed by atoms with E-state index in [4.69, 9.17) is 9.47 Å². The summed E-state index contributed by atoms with van der Waals surface area (Å²) in [4.78, 5) is 25.4. The number of amides is 3. The van der Waals surface area contributed by atoms with Crippen LogP contribution in [0.4, 0.5) is 4.79 Å². The molecule has 1 fully saturated rings. The van der Waals surface area contributed by atoms with Crippen LogP contribution >= 0.6 is 0 Å². The second-order valence-corrected chi connectivity index (χ2v) is 5.27. The maximum Gasteiger partial charge on any atom is 0.325 e. The summed E-state index contributed by atoms with van der Waals surface area (Å²) in [6.07, 6.45) is 0. The van der Waals surface area contributed by atoms with Gasteiger partial charge in [-0.05, 0) is 18.1 Å². The van der Waals surface area contributed by atoms with E-state index in [1.54, 1.807) is 32.4 Å². The monoisotopic (exact) mass is 292 g/mol. The van der Waals surface area contributed by atoms with E-state index in [1.807, 2.05) is 13.8 Å². The smallest absolute Gasteiger partial charge is 0.325 e. The third kappa shape index (κ3) is 2.94. The number of hydrogen-bond donors (Lipinski definition) is 1. The van der Waals surface area contributed by atoms with Crippen LogP contribution in [0.2, 0.25) is 0 Å². The van der Waals surface area contributed by atoms with Gasteiger partial charge in [-0.1, -0.05) is 13.8 Å². The van der Waals surface area contributed by atoms with Gasteiger partial charge < -0.3 is 14.8 Å². The van der Waals surface area contributed by atoms with Gasteiger partial charge in [0.1, 0.15) is 17.5 Å². The van der Waals surface area contributed by atoms with Gasteiger partial charge in [0.05, 0.1) is 20.8 Å². The Bertz CT molecular complexity index is 557. The van der Waals surface area contributed by atoms with Crippen LogP contribution in [-0.4, -0.2) is 37.1 Å². The largest absolute Gasteiger partial charge is 0.497 e. The molecule has 1 heterocycles. The molecule has 0 radical (unpaired) electrons. The Morgan fingerprint density at radius 1 is 1.24 bits per heavy atom. The molecular weight excluding hydrogens is 272 g/mol. The first-order chi connectivity index (χ1) is 9.97. The Balaban J connectivity index is 2.22. The number of benzene rings is 1. The number of nitrogens with zero attached hydrogens (tertiary/aromatic N) is 1. The molecule has 1 unspecified atom stereocenters. The van der Waals surface area contributed by atoms with E-state index in [0.29, 0.717) is 11.5 Å². The summed E-state index contributed by atoms with van der Waals surface area (Å²) in [6, 6.07) is 4.48. The predicted molar refractivity (Wildman–Crippen MR) is 77.3 cm³/mol. The van der Waals surface area contributed by atoms with Gasteiger partial charge in [-0.3, -0.25) is 9.69 Å². The lowest BCUT2D eigenvalue weighted by atomic mass is 10.0. The fourth-order valence-electron chi connectivity index (χ4n) is 2.30. The van der Waals surface area contributed by atoms with Gasteiger partial charge in [0.15, 0.2) is 0 Å². The molecule has 1 aliphatic heterocycles. The SMILES string of the molecule is COc1ccc(CN2C(=O)NC(C(C)C)C2=O)c(OC)c1. The van der Waals surface area contributed by atoms with Crippen LogP contribution in [-0.2, 0) is 11.3 Å². The molecule has 1 saturated heterocycles. The first-order valence-electron chi connectivity index (χ1n) is 6.80. The zero-order valence-electron chi connectivity index (χ0n) is 12.7. The fourth-order valence-corrected chi connectivity index (χ4v) is 2.30. The van der Waals surface area contributed by atoms with Gasteiger partial charge in [-0.25, -0.2) is 4.79 Å². The highest BCUT2D eigenvalue weighted by Gasteiger charge is 2.39. The molecule has 0 aromatic heterocycles. The third-order valence-electron chi connectivity index (χ3n) is 3.55. The van der Waals surface area contributed by atoms with E-state index >= 15 is 0 Å². The third-order valence-corrected chi connectivity index (χ3v) is 3.55. The van der Waals surface area contributed by atoms with Crippen molar-refractivity contribution in [3.05, 3.63) is 23.8 Å². The minimum atomic E-state index is -0.457. The van der Waals surface area contributed by atoms with E-state index in [1.165, 1.54) is 4.90 Å². The average Bonchev–Trinajstić information content (AvgIpc) is 2.75. The predicted octanol–water partition coefficient (Wildman–Crippen LogP) is 1.78. The minimum Gasteiger partial charge on any atom is -0.497 e. The molecule has 0 aliphatic carbocycles. The number of nitrogens with one attached hydrogen (secondary N) is 1. The Morgan fingerprint density at radius 2 is 1.95 bits per heavy atom. The van der Waals surface area contributed by atoms with Gasteiger partial charge in [0, 0.05) is 11.6 Å². The molecule has 114 valence electrons. The van der Waals surface area contributed by atoms with Crippen molar-refractivity contribution >= 4 is 11.9 Å². The zero-order valence-corrected chi connectivity index (χ0v) is 12.7. The average molecular weight is 292 g/mol. The van der Waals surface area contributed by atoms with Gasteiger partial charge in [0.2, 0.25) is 0 Å². The van der Waals surface area contributed by atoms with Crippen molar-refractivity contribution in [2.75, 3.05) is 14.2 Å². The van der Waals surface area contributed by atoms with E-state index < -0.39 is 6.04 Å². The van der Waals surface area contributed by atoms with Crippen molar-refractivity contribution in [2.24, 2.45) is 5.92 Å². The van der Waals surface area contributed by atoms with Crippen molar-refractivity contribution in [3.63, 3.8) is 0 Å². The van der Waals surface area contributed by atoms with Crippen molar-refractivity contribution in [1.82, 2.24) is 10.2 Å². The van der Waals surface area contributed by atoms with Crippen LogP contribution in [0.3, 0.4) is 0 Å². The summed E-state index contributed by atoms with van der Waals surface area (Å²) in [7, 11) is 3.11. The molecule has 2 rings (SSSR count). The van der Waals surface area contributed by atoms with Gasteiger partial charge in [-0.2, -0.15) is 0 Å². The molecular formula is C15H20N2O4. The van der Waals surface area contributed by atoms with Gasteiger partial charge in [-0.15, -0.1) is 0 Å². The van der Waals surface area contributed by atoms with Gasteiger partial charge in [0.25, 0.3) is 5.91 Å². The maximum atomic E-state index is 12.3. The number of urea groups is 1. The van der Waals surface area contributed by atoms with E-state index in [-0.39, 0.29) is 24.4 Å². The number of imide groups is 1. The molecule has 3 amide bonds. The first-order valence-corrected chi connectivity index (χ1v) is 6.80. The number of carbonyl (C=O) groups is 2. The van der Waals surface area contributed by atoms with Crippen LogP contribution in [0.5, 0.6) is 11.5 Å². The molecule has 21 heavy (non-hydrogen) atoms. The number of ether oxygens (including phenoxy) is 2. The number of hydrogen-bond acceptors (Lipinski definition) is 4. The van der Waals surface area contributed by atoms with Crippen LogP contribution < -0.4 is 14.8 Å². The highest BCUT2D eigenvalue weighted by molar-refractivity contribution is 6.04. The van der Waals surface area contributed by atoms with Crippen molar-refractivity contribution < 1.29 is 19.1 Å². The summed E-state index contributed by atoms with van der Waals surface area (Å²) in [6.45, 7) is 3.99. The Labute approximate surface area is 124 Å². The summed E-state index contributed by atoms with van der Waals surface area (Å²) in [5.41, 5.74) is 0.756. The molecule has 6 nitrogen and oxygen atoms in total. The molecule has 1 aromatic rings. The summed E-state index contributed by atoms with van der Waals surface area (Å²) in [5.74, 6) is 1.10. The second-order valence-electron chi connectivity index (χ2n) is 5.27. The number of carbonyl (C=O) groups excluding carboxylic acids is 2. The highest BCUT2D eigenvalue weighted by atomic mass is 16.5. The Hall–Kier alpha value is -2.24. The molecule has 6 heteroatoms. The molecule has 1 aliphatic rings. The topological polar surface area (TPSA) is 67.9 Å². The van der Waals surface area contributed by atoms with Crippen molar-refractivity contribution in [2.45, 2.75) is 26.4 Å². The van der Waals surface area contributed by atoms with Crippen molar-refractivity contribution in [1.29, 1.82) is 0 Å². The van der Waals surface area contributed by atoms with Crippen LogP contribution in [0.25, 0.3) is 0 Å². The van der Waals surface area contributed by atoms with Crippen LogP contribution in [0.15, 0.2) is 18.2 Å². The van der Waals surface area contributed by atoms with Gasteiger partial charge >= 0.3 is 6.03 Å². The van der Waals surface area contributed by atoms with E-state index in [2.05, 4.69) is 5.32 Å². The molecule has 1 N–H and O–H groups in total. The molecule has 1 aromatic carbocycles.